The van der Waals surface area contributed by atoms with Crippen LogP contribution in [-0.2, 0) is 20.6 Å². The summed E-state index contributed by atoms with van der Waals surface area (Å²) in [5.74, 6) is -5.89. The van der Waals surface area contributed by atoms with Crippen LogP contribution in [-0.4, -0.2) is 58.5 Å². The Bertz CT molecular complexity index is 1290. The lowest BCUT2D eigenvalue weighted by Crippen LogP contribution is -2.48. The van der Waals surface area contributed by atoms with Crippen LogP contribution in [0.5, 0.6) is 0 Å². The average molecular weight is 555 g/mol. The van der Waals surface area contributed by atoms with E-state index in [2.05, 4.69) is 31.2 Å². The van der Waals surface area contributed by atoms with Gasteiger partial charge in [-0.25, -0.2) is 9.97 Å². The summed E-state index contributed by atoms with van der Waals surface area (Å²) in [7, 11) is 1.23. The molecule has 0 bridgehead atoms. The number of benzene rings is 1. The Labute approximate surface area is 218 Å². The van der Waals surface area contributed by atoms with Crippen LogP contribution in [0.25, 0.3) is 0 Å². The number of anilines is 1. The number of likely N-dealkylation sites (N-methyl/N-ethyl adjacent to an activating group) is 1. The summed E-state index contributed by atoms with van der Waals surface area (Å²) < 4.78 is 38.9. The van der Waals surface area contributed by atoms with E-state index < -0.39 is 53.2 Å². The van der Waals surface area contributed by atoms with Gasteiger partial charge in [-0.05, 0) is 44.0 Å². The normalized spacial score (nSPS) is 17.8. The second-order valence-corrected chi connectivity index (χ2v) is 8.89. The standard InChI is InChI=1S/C23H22ClF3N6O5/c1-10-7-11(19(35)30-10)8-15(17(34)21(37)28-2)32-20(36)13-9-12(24)3-4-14(13)31-22(38)18-29-6-5-16(33-18)23(25,26)27/h3-6,9-11,15H,7-8H2,1-2H3,(H,28,37)(H,30,35)(H,31,38)(H,32,36)/t10-,11+,15?/m1/s1. The van der Waals surface area contributed by atoms with E-state index in [9.17, 15) is 37.1 Å². The Morgan fingerprint density at radius 2 is 1.89 bits per heavy atom. The van der Waals surface area contributed by atoms with Crippen molar-refractivity contribution in [2.24, 2.45) is 5.92 Å². The zero-order chi connectivity index (χ0) is 28.2. The summed E-state index contributed by atoms with van der Waals surface area (Å²) in [5, 5.41) is 9.58. The smallest absolute Gasteiger partial charge is 0.353 e. The number of hydrogen-bond donors (Lipinski definition) is 4. The fraction of sp³-hybridized carbons (Fsp3) is 0.348. The van der Waals surface area contributed by atoms with Gasteiger partial charge >= 0.3 is 6.18 Å². The number of halogens is 4. The van der Waals surface area contributed by atoms with E-state index in [1.165, 1.54) is 19.2 Å². The van der Waals surface area contributed by atoms with Crippen LogP contribution < -0.4 is 21.3 Å². The van der Waals surface area contributed by atoms with Gasteiger partial charge < -0.3 is 21.3 Å². The van der Waals surface area contributed by atoms with Crippen molar-refractivity contribution in [1.82, 2.24) is 25.9 Å². The maximum Gasteiger partial charge on any atom is 0.433 e. The zero-order valence-corrected chi connectivity index (χ0v) is 20.7. The minimum atomic E-state index is -4.82. The molecule has 38 heavy (non-hydrogen) atoms. The maximum atomic E-state index is 13.2. The molecule has 4 N–H and O–H groups in total. The molecule has 0 aliphatic carbocycles. The summed E-state index contributed by atoms with van der Waals surface area (Å²) in [6.07, 6.45) is -3.85. The Hall–Kier alpha value is -4.07. The minimum Gasteiger partial charge on any atom is -0.353 e. The number of aromatic nitrogens is 2. The number of hydrogen-bond acceptors (Lipinski definition) is 7. The number of rotatable bonds is 8. The van der Waals surface area contributed by atoms with Crippen molar-refractivity contribution in [3.05, 3.63) is 52.6 Å². The van der Waals surface area contributed by atoms with Gasteiger partial charge in [0.15, 0.2) is 0 Å². The molecule has 1 aromatic carbocycles. The summed E-state index contributed by atoms with van der Waals surface area (Å²) in [6, 6.07) is 2.69. The van der Waals surface area contributed by atoms with Crippen molar-refractivity contribution < 1.29 is 37.1 Å². The van der Waals surface area contributed by atoms with E-state index in [1.807, 2.05) is 0 Å². The fourth-order valence-corrected chi connectivity index (χ4v) is 3.98. The maximum absolute atomic E-state index is 13.2. The number of amides is 4. The number of Topliss-reactive ketones (excluding diaryl/α,β-unsaturated/α-hetero) is 1. The molecule has 15 heteroatoms. The molecule has 1 aliphatic heterocycles. The highest BCUT2D eigenvalue weighted by atomic mass is 35.5. The van der Waals surface area contributed by atoms with E-state index >= 15 is 0 Å². The number of alkyl halides is 3. The van der Waals surface area contributed by atoms with Gasteiger partial charge in [-0.15, -0.1) is 0 Å². The highest BCUT2D eigenvalue weighted by Gasteiger charge is 2.37. The van der Waals surface area contributed by atoms with Gasteiger partial charge in [0.2, 0.25) is 17.5 Å². The number of carbonyl (C=O) groups excluding carboxylic acids is 5. The van der Waals surface area contributed by atoms with Gasteiger partial charge in [0.1, 0.15) is 5.69 Å². The molecule has 3 rings (SSSR count). The summed E-state index contributed by atoms with van der Waals surface area (Å²) in [4.78, 5) is 69.4. The van der Waals surface area contributed by atoms with Crippen molar-refractivity contribution in [2.75, 3.05) is 12.4 Å². The highest BCUT2D eigenvalue weighted by molar-refractivity contribution is 6.38. The van der Waals surface area contributed by atoms with Crippen LogP contribution in [0.4, 0.5) is 18.9 Å². The molecule has 1 saturated heterocycles. The third kappa shape index (κ3) is 6.82. The molecule has 0 saturated carbocycles. The second kappa shape index (κ2) is 11.5. The van der Waals surface area contributed by atoms with Crippen LogP contribution in [0.15, 0.2) is 30.5 Å². The molecule has 0 radical (unpaired) electrons. The lowest BCUT2D eigenvalue weighted by molar-refractivity contribution is -0.141. The molecule has 1 aliphatic rings. The predicted molar refractivity (Wildman–Crippen MR) is 127 cm³/mol. The third-order valence-electron chi connectivity index (χ3n) is 5.61. The van der Waals surface area contributed by atoms with Crippen LogP contribution in [0.2, 0.25) is 5.02 Å². The monoisotopic (exact) mass is 554 g/mol. The van der Waals surface area contributed by atoms with Crippen LogP contribution in [0.1, 0.15) is 46.4 Å². The molecule has 1 aromatic heterocycles. The van der Waals surface area contributed by atoms with Crippen molar-refractivity contribution in [3.8, 4) is 0 Å². The molecule has 0 spiro atoms. The molecular weight excluding hydrogens is 533 g/mol. The zero-order valence-electron chi connectivity index (χ0n) is 20.0. The third-order valence-corrected chi connectivity index (χ3v) is 5.85. The molecule has 4 amide bonds. The van der Waals surface area contributed by atoms with Gasteiger partial charge in [0, 0.05) is 30.2 Å². The SMILES string of the molecule is CNC(=O)C(=O)C(C[C@@H]1C[C@@H](C)NC1=O)NC(=O)c1cc(Cl)ccc1NC(=O)c1nccc(C(F)(F)F)n1. The number of carbonyl (C=O) groups is 5. The molecule has 11 nitrogen and oxygen atoms in total. The summed E-state index contributed by atoms with van der Waals surface area (Å²) >= 11 is 6.00. The Morgan fingerprint density at radius 3 is 2.50 bits per heavy atom. The van der Waals surface area contributed by atoms with Crippen LogP contribution >= 0.6 is 11.6 Å². The summed E-state index contributed by atoms with van der Waals surface area (Å²) in [6.45, 7) is 1.76. The Kier molecular flexibility index (Phi) is 8.66. The minimum absolute atomic E-state index is 0.0571. The molecule has 1 fully saturated rings. The van der Waals surface area contributed by atoms with Gasteiger partial charge in [-0.3, -0.25) is 24.0 Å². The van der Waals surface area contributed by atoms with E-state index in [4.69, 9.17) is 11.6 Å². The van der Waals surface area contributed by atoms with Crippen LogP contribution in [0.3, 0.4) is 0 Å². The topological polar surface area (TPSA) is 159 Å². The first-order valence-corrected chi connectivity index (χ1v) is 11.6. The largest absolute Gasteiger partial charge is 0.433 e. The Balaban J connectivity index is 1.86. The van der Waals surface area contributed by atoms with Gasteiger partial charge in [-0.2, -0.15) is 13.2 Å². The van der Waals surface area contributed by atoms with Crippen molar-refractivity contribution in [2.45, 2.75) is 38.0 Å². The fourth-order valence-electron chi connectivity index (χ4n) is 3.81. The molecule has 2 aromatic rings. The Morgan fingerprint density at radius 1 is 1.18 bits per heavy atom. The highest BCUT2D eigenvalue weighted by Crippen LogP contribution is 2.27. The number of nitrogens with one attached hydrogen (secondary N) is 4. The van der Waals surface area contributed by atoms with E-state index in [-0.39, 0.29) is 34.6 Å². The van der Waals surface area contributed by atoms with Gasteiger partial charge in [0.05, 0.1) is 17.3 Å². The first-order chi connectivity index (χ1) is 17.8. The molecule has 202 valence electrons. The molecule has 2 heterocycles. The first kappa shape index (κ1) is 28.5. The van der Waals surface area contributed by atoms with E-state index in [0.29, 0.717) is 12.5 Å². The molecule has 3 atom stereocenters. The van der Waals surface area contributed by atoms with Gasteiger partial charge in [-0.1, -0.05) is 11.6 Å². The van der Waals surface area contributed by atoms with Crippen molar-refractivity contribution >= 4 is 46.7 Å². The predicted octanol–water partition coefficient (Wildman–Crippen LogP) is 1.73. The van der Waals surface area contributed by atoms with Crippen molar-refractivity contribution in [3.63, 3.8) is 0 Å². The molecular formula is C23H22ClF3N6O5. The van der Waals surface area contributed by atoms with Crippen LogP contribution in [0, 0.1) is 5.92 Å². The quantitative estimate of drug-likeness (QED) is 0.362. The lowest BCUT2D eigenvalue weighted by Gasteiger charge is -2.20. The van der Waals surface area contributed by atoms with E-state index in [0.717, 1.165) is 12.3 Å². The van der Waals surface area contributed by atoms with Crippen molar-refractivity contribution in [1.29, 1.82) is 0 Å². The summed E-state index contributed by atoms with van der Waals surface area (Å²) in [5.41, 5.74) is -1.79. The first-order valence-electron chi connectivity index (χ1n) is 11.2. The second-order valence-electron chi connectivity index (χ2n) is 8.45. The average Bonchev–Trinajstić information content (AvgIpc) is 3.19. The lowest BCUT2D eigenvalue weighted by atomic mass is 9.93. The van der Waals surface area contributed by atoms with Gasteiger partial charge in [0.25, 0.3) is 17.7 Å². The number of nitrogens with zero attached hydrogens (tertiary/aromatic N) is 2. The molecule has 1 unspecified atom stereocenters. The van der Waals surface area contributed by atoms with E-state index in [1.54, 1.807) is 6.92 Å². The number of ketones is 1.